The Bertz CT molecular complexity index is 631. The molecule has 122 valence electrons. The lowest BCUT2D eigenvalue weighted by molar-refractivity contribution is 0.0677. The maximum absolute atomic E-state index is 12.6. The Hall–Kier alpha value is -2.14. The molecule has 0 bridgehead atoms. The second-order valence-corrected chi connectivity index (χ2v) is 6.07. The smallest absolute Gasteiger partial charge is 0.276 e. The molecule has 23 heavy (non-hydrogen) atoms. The van der Waals surface area contributed by atoms with Gasteiger partial charge in [-0.3, -0.25) is 4.79 Å². The summed E-state index contributed by atoms with van der Waals surface area (Å²) >= 11 is 0. The maximum Gasteiger partial charge on any atom is 0.276 e. The van der Waals surface area contributed by atoms with E-state index in [1.807, 2.05) is 42.3 Å². The Morgan fingerprint density at radius 1 is 1.30 bits per heavy atom. The zero-order valence-corrected chi connectivity index (χ0v) is 13.5. The zero-order chi connectivity index (χ0) is 16.1. The van der Waals surface area contributed by atoms with Crippen LogP contribution in [0.25, 0.3) is 11.3 Å². The molecule has 0 spiro atoms. The molecule has 1 aliphatic heterocycles. The summed E-state index contributed by atoms with van der Waals surface area (Å²) in [6.45, 7) is 2.66. The lowest BCUT2D eigenvalue weighted by Gasteiger charge is -2.31. The van der Waals surface area contributed by atoms with Crippen LogP contribution in [0.1, 0.15) is 29.8 Å². The van der Waals surface area contributed by atoms with Crippen molar-refractivity contribution in [3.05, 3.63) is 42.1 Å². The van der Waals surface area contributed by atoms with Gasteiger partial charge in [0.25, 0.3) is 5.91 Å². The van der Waals surface area contributed by atoms with Gasteiger partial charge in [0, 0.05) is 24.7 Å². The van der Waals surface area contributed by atoms with Crippen LogP contribution in [0.2, 0.25) is 0 Å². The van der Waals surface area contributed by atoms with E-state index >= 15 is 0 Å². The Morgan fingerprint density at radius 3 is 2.74 bits per heavy atom. The third-order valence-corrected chi connectivity index (χ3v) is 4.49. The second kappa shape index (κ2) is 7.42. The summed E-state index contributed by atoms with van der Waals surface area (Å²) in [5.41, 5.74) is 1.34. The van der Waals surface area contributed by atoms with Crippen molar-refractivity contribution in [2.75, 3.05) is 26.7 Å². The van der Waals surface area contributed by atoms with E-state index in [9.17, 15) is 4.79 Å². The zero-order valence-electron chi connectivity index (χ0n) is 13.5. The van der Waals surface area contributed by atoms with Crippen LogP contribution in [-0.4, -0.2) is 42.6 Å². The van der Waals surface area contributed by atoms with Crippen molar-refractivity contribution in [1.29, 1.82) is 0 Å². The SMILES string of the molecule is CNCCC1CCN(C(=O)c2cc(-c3ccccc3)on2)CC1. The van der Waals surface area contributed by atoms with Crippen LogP contribution >= 0.6 is 0 Å². The van der Waals surface area contributed by atoms with E-state index < -0.39 is 0 Å². The molecule has 0 unspecified atom stereocenters. The van der Waals surface area contributed by atoms with E-state index in [1.54, 1.807) is 6.07 Å². The third-order valence-electron chi connectivity index (χ3n) is 4.49. The van der Waals surface area contributed by atoms with Gasteiger partial charge in [-0.25, -0.2) is 0 Å². The van der Waals surface area contributed by atoms with Gasteiger partial charge in [0.05, 0.1) is 0 Å². The van der Waals surface area contributed by atoms with E-state index in [2.05, 4.69) is 10.5 Å². The summed E-state index contributed by atoms with van der Waals surface area (Å²) in [6, 6.07) is 11.5. The van der Waals surface area contributed by atoms with Crippen LogP contribution in [0.5, 0.6) is 0 Å². The minimum Gasteiger partial charge on any atom is -0.355 e. The molecule has 5 nitrogen and oxygen atoms in total. The first-order valence-corrected chi connectivity index (χ1v) is 8.24. The average molecular weight is 313 g/mol. The Balaban J connectivity index is 1.60. The minimum absolute atomic E-state index is 0.0250. The van der Waals surface area contributed by atoms with Gasteiger partial charge in [0.15, 0.2) is 11.5 Å². The minimum atomic E-state index is -0.0250. The molecule has 1 fully saturated rings. The van der Waals surface area contributed by atoms with Crippen LogP contribution in [0.15, 0.2) is 40.9 Å². The van der Waals surface area contributed by atoms with Crippen molar-refractivity contribution in [2.45, 2.75) is 19.3 Å². The highest BCUT2D eigenvalue weighted by Gasteiger charge is 2.25. The van der Waals surface area contributed by atoms with E-state index in [-0.39, 0.29) is 5.91 Å². The second-order valence-electron chi connectivity index (χ2n) is 6.07. The molecule has 1 N–H and O–H groups in total. The van der Waals surface area contributed by atoms with E-state index in [4.69, 9.17) is 4.52 Å². The van der Waals surface area contributed by atoms with Crippen LogP contribution in [0.4, 0.5) is 0 Å². The molecule has 2 aromatic rings. The number of hydrogen-bond acceptors (Lipinski definition) is 4. The maximum atomic E-state index is 12.6. The molecule has 2 heterocycles. The predicted molar refractivity (Wildman–Crippen MR) is 89.1 cm³/mol. The fourth-order valence-corrected chi connectivity index (χ4v) is 3.05. The van der Waals surface area contributed by atoms with E-state index in [0.29, 0.717) is 17.4 Å². The van der Waals surface area contributed by atoms with Crippen molar-refractivity contribution in [3.8, 4) is 11.3 Å². The van der Waals surface area contributed by atoms with E-state index in [0.717, 1.165) is 38.0 Å². The van der Waals surface area contributed by atoms with Gasteiger partial charge >= 0.3 is 0 Å². The summed E-state index contributed by atoms with van der Waals surface area (Å²) in [4.78, 5) is 14.4. The predicted octanol–water partition coefficient (Wildman–Crippen LogP) is 2.80. The highest BCUT2D eigenvalue weighted by Crippen LogP contribution is 2.23. The van der Waals surface area contributed by atoms with Crippen molar-refractivity contribution in [2.24, 2.45) is 5.92 Å². The monoisotopic (exact) mass is 313 g/mol. The largest absolute Gasteiger partial charge is 0.355 e. The first kappa shape index (κ1) is 15.7. The Labute approximate surface area is 136 Å². The van der Waals surface area contributed by atoms with Gasteiger partial charge in [0.2, 0.25) is 0 Å². The molecular formula is C18H23N3O2. The molecular weight excluding hydrogens is 290 g/mol. The average Bonchev–Trinajstić information content (AvgIpc) is 3.11. The Kier molecular flexibility index (Phi) is 5.08. The third kappa shape index (κ3) is 3.79. The van der Waals surface area contributed by atoms with Gasteiger partial charge in [0.1, 0.15) is 0 Å². The first-order chi connectivity index (χ1) is 11.3. The topological polar surface area (TPSA) is 58.4 Å². The highest BCUT2D eigenvalue weighted by molar-refractivity contribution is 5.93. The van der Waals surface area contributed by atoms with Crippen LogP contribution in [0, 0.1) is 5.92 Å². The molecule has 0 aliphatic carbocycles. The molecule has 1 aliphatic rings. The molecule has 0 saturated carbocycles. The summed E-state index contributed by atoms with van der Waals surface area (Å²) < 4.78 is 5.33. The fraction of sp³-hybridized carbons (Fsp3) is 0.444. The molecule has 0 radical (unpaired) electrons. The lowest BCUT2D eigenvalue weighted by atomic mass is 9.93. The van der Waals surface area contributed by atoms with Gasteiger partial charge in [-0.2, -0.15) is 0 Å². The van der Waals surface area contributed by atoms with Gasteiger partial charge in [-0.1, -0.05) is 35.5 Å². The van der Waals surface area contributed by atoms with Crippen LogP contribution in [0.3, 0.4) is 0 Å². The number of benzene rings is 1. The quantitative estimate of drug-likeness (QED) is 0.922. The number of piperidine rings is 1. The number of rotatable bonds is 5. The van der Waals surface area contributed by atoms with Crippen molar-refractivity contribution in [1.82, 2.24) is 15.4 Å². The van der Waals surface area contributed by atoms with Gasteiger partial charge in [-0.05, 0) is 38.8 Å². The number of carbonyl (C=O) groups is 1. The molecule has 3 rings (SSSR count). The molecule has 1 amide bonds. The number of carbonyl (C=O) groups excluding carboxylic acids is 1. The van der Waals surface area contributed by atoms with Gasteiger partial charge in [-0.15, -0.1) is 0 Å². The first-order valence-electron chi connectivity index (χ1n) is 8.24. The number of aromatic nitrogens is 1. The number of nitrogens with zero attached hydrogens (tertiary/aromatic N) is 2. The lowest BCUT2D eigenvalue weighted by Crippen LogP contribution is -2.39. The number of hydrogen-bond donors (Lipinski definition) is 1. The number of likely N-dealkylation sites (tertiary alicyclic amines) is 1. The summed E-state index contributed by atoms with van der Waals surface area (Å²) in [5, 5.41) is 7.15. The van der Waals surface area contributed by atoms with Gasteiger partial charge < -0.3 is 14.7 Å². The number of nitrogens with one attached hydrogen (secondary N) is 1. The standard InChI is InChI=1S/C18H23N3O2/c1-19-10-7-14-8-11-21(12-9-14)18(22)16-13-17(23-20-16)15-5-3-2-4-6-15/h2-6,13-14,19H,7-12H2,1H3. The molecule has 1 aromatic heterocycles. The Morgan fingerprint density at radius 2 is 2.04 bits per heavy atom. The normalized spacial score (nSPS) is 15.8. The van der Waals surface area contributed by atoms with Crippen molar-refractivity contribution >= 4 is 5.91 Å². The molecule has 5 heteroatoms. The van der Waals surface area contributed by atoms with E-state index in [1.165, 1.54) is 6.42 Å². The molecule has 0 atom stereocenters. The van der Waals surface area contributed by atoms with Crippen molar-refractivity contribution < 1.29 is 9.32 Å². The highest BCUT2D eigenvalue weighted by atomic mass is 16.5. The summed E-state index contributed by atoms with van der Waals surface area (Å²) in [6.07, 6.45) is 3.31. The van der Waals surface area contributed by atoms with Crippen LogP contribution in [-0.2, 0) is 0 Å². The summed E-state index contributed by atoms with van der Waals surface area (Å²) in [7, 11) is 1.98. The number of amides is 1. The summed E-state index contributed by atoms with van der Waals surface area (Å²) in [5.74, 6) is 1.32. The molecule has 1 aromatic carbocycles. The molecule has 1 saturated heterocycles. The van der Waals surface area contributed by atoms with Crippen LogP contribution < -0.4 is 5.32 Å². The van der Waals surface area contributed by atoms with Crippen molar-refractivity contribution in [3.63, 3.8) is 0 Å². The fourth-order valence-electron chi connectivity index (χ4n) is 3.05.